The summed E-state index contributed by atoms with van der Waals surface area (Å²) in [5.74, 6) is 0.622. The molecule has 1 saturated heterocycles. The molecule has 10 nitrogen and oxygen atoms in total. The first kappa shape index (κ1) is 20.3. The van der Waals surface area contributed by atoms with Gasteiger partial charge in [0.1, 0.15) is 11.2 Å². The van der Waals surface area contributed by atoms with Crippen LogP contribution in [0.1, 0.15) is 30.0 Å². The molecule has 11 heteroatoms. The molecule has 4 aromatic rings. The minimum Gasteiger partial charge on any atom is -0.465 e. The van der Waals surface area contributed by atoms with Crippen LogP contribution in [0.3, 0.4) is 0 Å². The molecule has 1 aliphatic rings. The summed E-state index contributed by atoms with van der Waals surface area (Å²) in [4.78, 5) is 32.3. The van der Waals surface area contributed by atoms with Gasteiger partial charge >= 0.3 is 6.09 Å². The second kappa shape index (κ2) is 7.79. The third-order valence-corrected chi connectivity index (χ3v) is 6.05. The molecule has 4 heterocycles. The van der Waals surface area contributed by atoms with Crippen LogP contribution in [-0.4, -0.2) is 53.9 Å². The maximum atomic E-state index is 12.4. The predicted octanol–water partition coefficient (Wildman–Crippen LogP) is 3.56. The van der Waals surface area contributed by atoms with Gasteiger partial charge in [0.2, 0.25) is 5.82 Å². The number of amides is 1. The number of carboxylic acid groups (broad SMARTS) is 1. The van der Waals surface area contributed by atoms with Crippen molar-refractivity contribution in [1.82, 2.24) is 29.6 Å². The minimum atomic E-state index is -0.928. The zero-order valence-corrected chi connectivity index (χ0v) is 17.8. The summed E-state index contributed by atoms with van der Waals surface area (Å²) in [5, 5.41) is 18.3. The van der Waals surface area contributed by atoms with Gasteiger partial charge in [-0.05, 0) is 37.5 Å². The number of aromatic nitrogens is 5. The molecule has 0 aliphatic carbocycles. The molecule has 3 aromatic heterocycles. The second-order valence-corrected chi connectivity index (χ2v) is 8.24. The number of aromatic amines is 1. The van der Waals surface area contributed by atoms with E-state index in [1.54, 1.807) is 22.8 Å². The Morgan fingerprint density at radius 2 is 2.03 bits per heavy atom. The number of piperidine rings is 1. The quantitative estimate of drug-likeness (QED) is 0.484. The van der Waals surface area contributed by atoms with Gasteiger partial charge in [0.15, 0.2) is 0 Å². The van der Waals surface area contributed by atoms with E-state index in [0.29, 0.717) is 48.0 Å². The van der Waals surface area contributed by atoms with Gasteiger partial charge in [0, 0.05) is 35.7 Å². The van der Waals surface area contributed by atoms with E-state index in [-0.39, 0.29) is 17.4 Å². The SMILES string of the molecule is Cc1ccc(Cl)cc1-c1noc(-c2cnn3c(C4CCN(C(=O)O)CC4)cc(=O)[nH]c23)n1. The highest BCUT2D eigenvalue weighted by atomic mass is 35.5. The highest BCUT2D eigenvalue weighted by Gasteiger charge is 2.27. The van der Waals surface area contributed by atoms with Crippen molar-refractivity contribution in [3.63, 3.8) is 0 Å². The Bertz CT molecular complexity index is 1380. The maximum Gasteiger partial charge on any atom is 0.407 e. The fourth-order valence-electron chi connectivity index (χ4n) is 4.10. The summed E-state index contributed by atoms with van der Waals surface area (Å²) in [6.45, 7) is 2.75. The minimum absolute atomic E-state index is 0.00973. The Balaban J connectivity index is 1.52. The van der Waals surface area contributed by atoms with E-state index in [4.69, 9.17) is 16.1 Å². The van der Waals surface area contributed by atoms with Gasteiger partial charge in [-0.3, -0.25) is 4.79 Å². The second-order valence-electron chi connectivity index (χ2n) is 7.80. The lowest BCUT2D eigenvalue weighted by Crippen LogP contribution is -2.37. The number of halogens is 1. The molecule has 0 bridgehead atoms. The first-order valence-electron chi connectivity index (χ1n) is 10.1. The topological polar surface area (TPSA) is 130 Å². The number of hydrogen-bond acceptors (Lipinski definition) is 6. The van der Waals surface area contributed by atoms with E-state index in [9.17, 15) is 14.7 Å². The molecule has 32 heavy (non-hydrogen) atoms. The van der Waals surface area contributed by atoms with E-state index in [1.807, 2.05) is 13.0 Å². The zero-order valence-electron chi connectivity index (χ0n) is 17.1. The summed E-state index contributed by atoms with van der Waals surface area (Å²) >= 11 is 6.11. The van der Waals surface area contributed by atoms with Gasteiger partial charge in [-0.1, -0.05) is 22.8 Å². The van der Waals surface area contributed by atoms with E-state index in [2.05, 4.69) is 20.2 Å². The Morgan fingerprint density at radius 1 is 1.25 bits per heavy atom. The molecule has 0 saturated carbocycles. The fraction of sp³-hybridized carbons (Fsp3) is 0.286. The molecular formula is C21H19ClN6O4. The van der Waals surface area contributed by atoms with E-state index in [0.717, 1.165) is 16.8 Å². The summed E-state index contributed by atoms with van der Waals surface area (Å²) in [7, 11) is 0. The van der Waals surface area contributed by atoms with Crippen molar-refractivity contribution in [2.75, 3.05) is 13.1 Å². The monoisotopic (exact) mass is 454 g/mol. The van der Waals surface area contributed by atoms with Crippen LogP contribution >= 0.6 is 11.6 Å². The largest absolute Gasteiger partial charge is 0.465 e. The van der Waals surface area contributed by atoms with Crippen LogP contribution in [0, 0.1) is 6.92 Å². The van der Waals surface area contributed by atoms with Crippen molar-refractivity contribution in [3.05, 3.63) is 57.1 Å². The van der Waals surface area contributed by atoms with Crippen molar-refractivity contribution in [2.24, 2.45) is 0 Å². The summed E-state index contributed by atoms with van der Waals surface area (Å²) in [6.07, 6.45) is 1.86. The number of hydrogen-bond donors (Lipinski definition) is 2. The summed E-state index contributed by atoms with van der Waals surface area (Å²) in [5.41, 5.74) is 3.11. The van der Waals surface area contributed by atoms with E-state index in [1.165, 1.54) is 11.0 Å². The molecule has 0 spiro atoms. The molecule has 164 valence electrons. The number of rotatable bonds is 3. The highest BCUT2D eigenvalue weighted by molar-refractivity contribution is 6.30. The lowest BCUT2D eigenvalue weighted by Gasteiger charge is -2.30. The van der Waals surface area contributed by atoms with Crippen LogP contribution in [0.4, 0.5) is 4.79 Å². The van der Waals surface area contributed by atoms with Crippen LogP contribution in [0.5, 0.6) is 0 Å². The number of nitrogens with one attached hydrogen (secondary N) is 1. The maximum absolute atomic E-state index is 12.4. The molecule has 0 atom stereocenters. The summed E-state index contributed by atoms with van der Waals surface area (Å²) < 4.78 is 7.14. The van der Waals surface area contributed by atoms with Crippen LogP contribution in [-0.2, 0) is 0 Å². The van der Waals surface area contributed by atoms with E-state index >= 15 is 0 Å². The smallest absolute Gasteiger partial charge is 0.407 e. The number of aryl methyl sites for hydroxylation is 1. The zero-order chi connectivity index (χ0) is 22.4. The van der Waals surface area contributed by atoms with Gasteiger partial charge in [-0.15, -0.1) is 0 Å². The first-order valence-corrected chi connectivity index (χ1v) is 10.5. The van der Waals surface area contributed by atoms with Gasteiger partial charge < -0.3 is 19.5 Å². The summed E-state index contributed by atoms with van der Waals surface area (Å²) in [6, 6.07) is 6.95. The molecular weight excluding hydrogens is 436 g/mol. The van der Waals surface area contributed by atoms with Crippen molar-refractivity contribution in [3.8, 4) is 22.8 Å². The fourth-order valence-corrected chi connectivity index (χ4v) is 4.28. The number of benzene rings is 1. The average Bonchev–Trinajstić information content (AvgIpc) is 3.42. The Hall–Kier alpha value is -3.66. The van der Waals surface area contributed by atoms with Crippen molar-refractivity contribution in [2.45, 2.75) is 25.7 Å². The molecule has 0 radical (unpaired) electrons. The number of carbonyl (C=O) groups is 1. The third kappa shape index (κ3) is 3.52. The van der Waals surface area contributed by atoms with Gasteiger partial charge in [0.25, 0.3) is 11.4 Å². The standard InChI is InChI=1S/C21H19ClN6O4/c1-11-2-3-13(22)8-14(11)18-25-20(32-26-18)15-10-23-28-16(9-17(29)24-19(15)28)12-4-6-27(7-5-12)21(30)31/h2-3,8-10,12H,4-7H2,1H3,(H,24,29)(H,30,31). The molecule has 1 aromatic carbocycles. The third-order valence-electron chi connectivity index (χ3n) is 5.82. The molecule has 5 rings (SSSR count). The molecule has 1 amide bonds. The predicted molar refractivity (Wildman–Crippen MR) is 116 cm³/mol. The lowest BCUT2D eigenvalue weighted by atomic mass is 9.93. The Kier molecular flexibility index (Phi) is 4.93. The Labute approximate surface area is 186 Å². The van der Waals surface area contributed by atoms with Gasteiger partial charge in [0.05, 0.1) is 11.9 Å². The normalized spacial score (nSPS) is 14.9. The number of nitrogens with zero attached hydrogens (tertiary/aromatic N) is 5. The van der Waals surface area contributed by atoms with E-state index < -0.39 is 6.09 Å². The van der Waals surface area contributed by atoms with Gasteiger partial charge in [-0.25, -0.2) is 9.31 Å². The molecule has 2 N–H and O–H groups in total. The number of likely N-dealkylation sites (tertiary alicyclic amines) is 1. The Morgan fingerprint density at radius 3 is 2.78 bits per heavy atom. The number of fused-ring (bicyclic) bond motifs is 1. The molecule has 1 fully saturated rings. The van der Waals surface area contributed by atoms with Crippen molar-refractivity contribution < 1.29 is 14.4 Å². The van der Waals surface area contributed by atoms with Gasteiger partial charge in [-0.2, -0.15) is 10.1 Å². The first-order chi connectivity index (χ1) is 15.4. The average molecular weight is 455 g/mol. The van der Waals surface area contributed by atoms with Crippen molar-refractivity contribution in [1.29, 1.82) is 0 Å². The molecule has 0 unspecified atom stereocenters. The highest BCUT2D eigenvalue weighted by Crippen LogP contribution is 2.31. The van der Waals surface area contributed by atoms with Crippen molar-refractivity contribution >= 4 is 23.3 Å². The number of H-pyrrole nitrogens is 1. The van der Waals surface area contributed by atoms with Crippen LogP contribution in [0.15, 0.2) is 39.8 Å². The van der Waals surface area contributed by atoms with Crippen LogP contribution < -0.4 is 5.56 Å². The lowest BCUT2D eigenvalue weighted by molar-refractivity contribution is 0.131. The molecule has 1 aliphatic heterocycles. The van der Waals surface area contributed by atoms with Crippen LogP contribution in [0.25, 0.3) is 28.5 Å². The van der Waals surface area contributed by atoms with Crippen LogP contribution in [0.2, 0.25) is 5.02 Å².